The number of nitrogen functional groups attached to an aromatic ring is 1. The summed E-state index contributed by atoms with van der Waals surface area (Å²) in [5.74, 6) is 5.01. The van der Waals surface area contributed by atoms with Crippen LogP contribution in [-0.2, 0) is 4.79 Å². The first kappa shape index (κ1) is 8.85. The van der Waals surface area contributed by atoms with Gasteiger partial charge in [0.05, 0.1) is 5.25 Å². The minimum absolute atomic E-state index is 0.350. The molecule has 1 amide bonds. The van der Waals surface area contributed by atoms with E-state index in [4.69, 9.17) is 11.6 Å². The second-order valence-electron chi connectivity index (χ2n) is 2.18. The van der Waals surface area contributed by atoms with Gasteiger partial charge >= 0.3 is 0 Å². The molecule has 1 rings (SSSR count). The van der Waals surface area contributed by atoms with E-state index in [1.54, 1.807) is 6.92 Å². The Morgan fingerprint density at radius 2 is 2.50 bits per heavy atom. The Kier molecular flexibility index (Phi) is 2.54. The molecule has 7 heteroatoms. The fourth-order valence-electron chi connectivity index (χ4n) is 0.532. The van der Waals surface area contributed by atoms with Crippen LogP contribution in [0.2, 0.25) is 0 Å². The summed E-state index contributed by atoms with van der Waals surface area (Å²) < 4.78 is 1.24. The molecule has 66 valence electrons. The molecule has 0 fully saturated rings. The number of nitrogens with two attached hydrogens (primary N) is 2. The van der Waals surface area contributed by atoms with Gasteiger partial charge in [-0.1, -0.05) is 11.8 Å². The van der Waals surface area contributed by atoms with Crippen molar-refractivity contribution in [1.29, 1.82) is 0 Å². The van der Waals surface area contributed by atoms with Crippen molar-refractivity contribution in [3.8, 4) is 0 Å². The fourth-order valence-corrected chi connectivity index (χ4v) is 1.23. The minimum atomic E-state index is -0.400. The van der Waals surface area contributed by atoms with E-state index in [2.05, 4.69) is 10.2 Å². The van der Waals surface area contributed by atoms with Gasteiger partial charge in [0.25, 0.3) is 0 Å². The molecule has 1 heterocycles. The number of carbonyl (C=O) groups excluding carboxylic acids is 1. The van der Waals surface area contributed by atoms with E-state index in [1.165, 1.54) is 22.8 Å². The number of primary amides is 1. The number of thioether (sulfide) groups is 1. The van der Waals surface area contributed by atoms with Gasteiger partial charge in [0.2, 0.25) is 11.1 Å². The molecule has 0 bridgehead atoms. The predicted molar refractivity (Wildman–Crippen MR) is 44.7 cm³/mol. The molecule has 0 saturated heterocycles. The van der Waals surface area contributed by atoms with Gasteiger partial charge in [0, 0.05) is 0 Å². The molecule has 0 saturated carbocycles. The first-order chi connectivity index (χ1) is 5.61. The van der Waals surface area contributed by atoms with Crippen LogP contribution in [0.3, 0.4) is 0 Å². The highest BCUT2D eigenvalue weighted by Crippen LogP contribution is 2.18. The third-order valence-corrected chi connectivity index (χ3v) is 2.31. The molecule has 1 aromatic rings. The van der Waals surface area contributed by atoms with Gasteiger partial charge in [-0.3, -0.25) is 4.79 Å². The number of nitrogens with zero attached hydrogens (tertiary/aromatic N) is 3. The highest BCUT2D eigenvalue weighted by atomic mass is 32.2. The smallest absolute Gasteiger partial charge is 0.230 e. The Bertz CT molecular complexity index is 285. The van der Waals surface area contributed by atoms with E-state index in [-0.39, 0.29) is 5.25 Å². The Balaban J connectivity index is 2.64. The monoisotopic (exact) mass is 187 g/mol. The van der Waals surface area contributed by atoms with Crippen molar-refractivity contribution in [3.05, 3.63) is 6.33 Å². The molecule has 1 unspecified atom stereocenters. The third kappa shape index (κ3) is 1.88. The number of hydrogen-bond donors (Lipinski definition) is 2. The molecular weight excluding hydrogens is 178 g/mol. The van der Waals surface area contributed by atoms with Crippen LogP contribution in [0.15, 0.2) is 11.5 Å². The van der Waals surface area contributed by atoms with Crippen molar-refractivity contribution in [2.45, 2.75) is 17.3 Å². The summed E-state index contributed by atoms with van der Waals surface area (Å²) in [6.45, 7) is 1.68. The minimum Gasteiger partial charge on any atom is -0.369 e. The SMILES string of the molecule is CC(Sc1nncn1N)C(N)=O. The predicted octanol–water partition coefficient (Wildman–Crippen LogP) is -1.04. The molecule has 6 nitrogen and oxygen atoms in total. The summed E-state index contributed by atoms with van der Waals surface area (Å²) >= 11 is 1.17. The van der Waals surface area contributed by atoms with Crippen LogP contribution in [0.25, 0.3) is 0 Å². The zero-order chi connectivity index (χ0) is 9.14. The number of carbonyl (C=O) groups is 1. The van der Waals surface area contributed by atoms with Crippen LogP contribution in [0.5, 0.6) is 0 Å². The number of rotatable bonds is 3. The van der Waals surface area contributed by atoms with Crippen molar-refractivity contribution in [2.75, 3.05) is 5.84 Å². The molecule has 0 aliphatic carbocycles. The van der Waals surface area contributed by atoms with Crippen molar-refractivity contribution >= 4 is 17.7 Å². The number of amides is 1. The van der Waals surface area contributed by atoms with Crippen LogP contribution in [0.4, 0.5) is 0 Å². The summed E-state index contributed by atoms with van der Waals surface area (Å²) in [5.41, 5.74) is 5.04. The lowest BCUT2D eigenvalue weighted by Crippen LogP contribution is -2.23. The van der Waals surface area contributed by atoms with Crippen molar-refractivity contribution in [2.24, 2.45) is 5.73 Å². The normalized spacial score (nSPS) is 12.8. The summed E-state index contributed by atoms with van der Waals surface area (Å²) in [6, 6.07) is 0. The highest BCUT2D eigenvalue weighted by molar-refractivity contribution is 8.00. The van der Waals surface area contributed by atoms with Crippen molar-refractivity contribution < 1.29 is 4.79 Å². The summed E-state index contributed by atoms with van der Waals surface area (Å²) in [7, 11) is 0. The molecule has 1 atom stereocenters. The van der Waals surface area contributed by atoms with Crippen LogP contribution < -0.4 is 11.6 Å². The van der Waals surface area contributed by atoms with Crippen LogP contribution in [0.1, 0.15) is 6.92 Å². The molecule has 0 aliphatic heterocycles. The topological polar surface area (TPSA) is 99.8 Å². The maximum absolute atomic E-state index is 10.6. The first-order valence-electron chi connectivity index (χ1n) is 3.22. The zero-order valence-electron chi connectivity index (χ0n) is 6.47. The van der Waals surface area contributed by atoms with Gasteiger partial charge in [-0.25, -0.2) is 4.68 Å². The Labute approximate surface area is 73.3 Å². The van der Waals surface area contributed by atoms with Gasteiger partial charge in [-0.05, 0) is 6.92 Å². The molecule has 1 aromatic heterocycles. The largest absolute Gasteiger partial charge is 0.369 e. The molecule has 0 radical (unpaired) electrons. The lowest BCUT2D eigenvalue weighted by molar-refractivity contribution is -0.117. The van der Waals surface area contributed by atoms with Gasteiger partial charge in [0.1, 0.15) is 6.33 Å². The van der Waals surface area contributed by atoms with Gasteiger partial charge in [-0.2, -0.15) is 0 Å². The van der Waals surface area contributed by atoms with E-state index >= 15 is 0 Å². The van der Waals surface area contributed by atoms with Crippen LogP contribution in [-0.4, -0.2) is 26.0 Å². The second kappa shape index (κ2) is 3.44. The fraction of sp³-hybridized carbons (Fsp3) is 0.400. The van der Waals surface area contributed by atoms with E-state index in [0.29, 0.717) is 5.16 Å². The molecular formula is C5H9N5OS. The maximum Gasteiger partial charge on any atom is 0.230 e. The van der Waals surface area contributed by atoms with Crippen LogP contribution in [0, 0.1) is 0 Å². The van der Waals surface area contributed by atoms with Crippen molar-refractivity contribution in [3.63, 3.8) is 0 Å². The number of aromatic nitrogens is 3. The summed E-state index contributed by atoms with van der Waals surface area (Å²) in [6.07, 6.45) is 1.36. The Morgan fingerprint density at radius 3 is 2.92 bits per heavy atom. The lowest BCUT2D eigenvalue weighted by Gasteiger charge is -2.04. The molecule has 4 N–H and O–H groups in total. The molecule has 0 aliphatic rings. The summed E-state index contributed by atoms with van der Waals surface area (Å²) in [4.78, 5) is 10.6. The van der Waals surface area contributed by atoms with Gasteiger partial charge in [0.15, 0.2) is 0 Å². The van der Waals surface area contributed by atoms with E-state index in [0.717, 1.165) is 0 Å². The second-order valence-corrected chi connectivity index (χ2v) is 3.49. The van der Waals surface area contributed by atoms with E-state index in [1.807, 2.05) is 0 Å². The third-order valence-electron chi connectivity index (χ3n) is 1.22. The quantitative estimate of drug-likeness (QED) is 0.465. The Morgan fingerprint density at radius 1 is 1.83 bits per heavy atom. The maximum atomic E-state index is 10.6. The van der Waals surface area contributed by atoms with E-state index < -0.39 is 5.91 Å². The van der Waals surface area contributed by atoms with E-state index in [9.17, 15) is 4.79 Å². The molecule has 0 aromatic carbocycles. The highest BCUT2D eigenvalue weighted by Gasteiger charge is 2.13. The Hall–Kier alpha value is -1.24. The average molecular weight is 187 g/mol. The number of hydrogen-bond acceptors (Lipinski definition) is 5. The van der Waals surface area contributed by atoms with Crippen molar-refractivity contribution in [1.82, 2.24) is 14.9 Å². The lowest BCUT2D eigenvalue weighted by atomic mass is 10.5. The summed E-state index contributed by atoms with van der Waals surface area (Å²) in [5, 5.41) is 7.35. The van der Waals surface area contributed by atoms with Gasteiger partial charge in [-0.15, -0.1) is 10.2 Å². The van der Waals surface area contributed by atoms with Gasteiger partial charge < -0.3 is 11.6 Å². The average Bonchev–Trinajstić information content (AvgIpc) is 2.36. The molecule has 12 heavy (non-hydrogen) atoms. The van der Waals surface area contributed by atoms with Crippen LogP contribution >= 0.6 is 11.8 Å². The standard InChI is InChI=1S/C5H9N5OS/c1-3(4(6)11)12-5-9-8-2-10(5)7/h2-3H,7H2,1H3,(H2,6,11). The molecule has 0 spiro atoms. The zero-order valence-corrected chi connectivity index (χ0v) is 7.28. The first-order valence-corrected chi connectivity index (χ1v) is 4.10.